The van der Waals surface area contributed by atoms with Gasteiger partial charge >= 0.3 is 6.03 Å². The Labute approximate surface area is 134 Å². The molecule has 3 rings (SSSR count). The Morgan fingerprint density at radius 2 is 2.23 bits per heavy atom. The van der Waals surface area contributed by atoms with Crippen LogP contribution in [0.3, 0.4) is 0 Å². The Bertz CT molecular complexity index is 666. The molecule has 0 saturated heterocycles. The van der Waals surface area contributed by atoms with Crippen LogP contribution in [0.1, 0.15) is 18.4 Å². The quantitative estimate of drug-likeness (QED) is 0.861. The van der Waals surface area contributed by atoms with Gasteiger partial charge in [-0.3, -0.25) is 4.68 Å². The average molecular weight is 316 g/mol. The topological polar surface area (TPSA) is 50.2 Å². The van der Waals surface area contributed by atoms with E-state index in [2.05, 4.69) is 10.4 Å². The molecule has 1 N–H and O–H groups in total. The van der Waals surface area contributed by atoms with Crippen LogP contribution >= 0.6 is 11.8 Å². The molecule has 6 heteroatoms. The van der Waals surface area contributed by atoms with Crippen LogP contribution in [0.15, 0.2) is 41.6 Å². The number of amides is 2. The van der Waals surface area contributed by atoms with E-state index in [-0.39, 0.29) is 6.03 Å². The van der Waals surface area contributed by atoms with E-state index >= 15 is 0 Å². The van der Waals surface area contributed by atoms with Gasteiger partial charge in [0.05, 0.1) is 18.4 Å². The maximum absolute atomic E-state index is 12.7. The molecule has 2 aromatic rings. The summed E-state index contributed by atoms with van der Waals surface area (Å²) >= 11 is 1.63. The first-order chi connectivity index (χ1) is 10.7. The number of thioether (sulfide) groups is 1. The summed E-state index contributed by atoms with van der Waals surface area (Å²) in [5.41, 5.74) is 1.93. The standard InChI is InChI=1S/C16H20N4OS/c1-19-10-12(9-17-19)11-20(13-7-8-13)16(21)18-14-5-3-4-6-15(14)22-2/h3-6,9-10,13H,7-8,11H2,1-2H3,(H,18,21). The number of benzene rings is 1. The maximum Gasteiger partial charge on any atom is 0.322 e. The van der Waals surface area contributed by atoms with Gasteiger partial charge in [0.2, 0.25) is 0 Å². The van der Waals surface area contributed by atoms with Crippen LogP contribution in [-0.2, 0) is 13.6 Å². The van der Waals surface area contributed by atoms with E-state index in [1.165, 1.54) is 0 Å². The predicted octanol–water partition coefficient (Wildman–Crippen LogP) is 3.34. The highest BCUT2D eigenvalue weighted by atomic mass is 32.2. The maximum atomic E-state index is 12.7. The summed E-state index contributed by atoms with van der Waals surface area (Å²) < 4.78 is 1.77. The van der Waals surface area contributed by atoms with Crippen LogP contribution in [0.5, 0.6) is 0 Å². The monoisotopic (exact) mass is 316 g/mol. The Morgan fingerprint density at radius 1 is 1.45 bits per heavy atom. The molecule has 1 aromatic heterocycles. The van der Waals surface area contributed by atoms with Crippen molar-refractivity contribution in [2.75, 3.05) is 11.6 Å². The average Bonchev–Trinajstić information content (AvgIpc) is 3.27. The van der Waals surface area contributed by atoms with Gasteiger partial charge in [0.15, 0.2) is 0 Å². The molecule has 0 spiro atoms. The van der Waals surface area contributed by atoms with E-state index in [0.717, 1.165) is 29.0 Å². The van der Waals surface area contributed by atoms with E-state index in [0.29, 0.717) is 12.6 Å². The van der Waals surface area contributed by atoms with Gasteiger partial charge in [0, 0.05) is 29.7 Å². The number of anilines is 1. The first-order valence-corrected chi connectivity index (χ1v) is 8.58. The lowest BCUT2D eigenvalue weighted by molar-refractivity contribution is 0.206. The second-order valence-electron chi connectivity index (χ2n) is 5.51. The van der Waals surface area contributed by atoms with Crippen molar-refractivity contribution in [1.29, 1.82) is 0 Å². The van der Waals surface area contributed by atoms with Gasteiger partial charge in [-0.25, -0.2) is 4.79 Å². The fourth-order valence-corrected chi connectivity index (χ4v) is 2.99. The van der Waals surface area contributed by atoms with Crippen molar-refractivity contribution >= 4 is 23.5 Å². The molecule has 116 valence electrons. The minimum atomic E-state index is -0.0344. The lowest BCUT2D eigenvalue weighted by Gasteiger charge is -2.23. The minimum Gasteiger partial charge on any atom is -0.317 e. The zero-order chi connectivity index (χ0) is 15.5. The van der Waals surface area contributed by atoms with Crippen LogP contribution in [-0.4, -0.2) is 33.0 Å². The molecule has 0 aliphatic heterocycles. The lowest BCUT2D eigenvalue weighted by atomic mass is 10.3. The summed E-state index contributed by atoms with van der Waals surface area (Å²) in [5.74, 6) is 0. The van der Waals surface area contributed by atoms with E-state index in [1.54, 1.807) is 16.4 Å². The number of aromatic nitrogens is 2. The number of nitrogens with one attached hydrogen (secondary N) is 1. The number of hydrogen-bond donors (Lipinski definition) is 1. The smallest absolute Gasteiger partial charge is 0.317 e. The van der Waals surface area contributed by atoms with E-state index in [1.807, 2.05) is 54.9 Å². The van der Waals surface area contributed by atoms with Crippen LogP contribution in [0.2, 0.25) is 0 Å². The van der Waals surface area contributed by atoms with Gasteiger partial charge in [-0.05, 0) is 31.2 Å². The van der Waals surface area contributed by atoms with Gasteiger partial charge < -0.3 is 10.2 Å². The highest BCUT2D eigenvalue weighted by Crippen LogP contribution is 2.30. The zero-order valence-corrected chi connectivity index (χ0v) is 13.6. The molecule has 1 saturated carbocycles. The molecule has 0 atom stereocenters. The molecule has 0 radical (unpaired) electrons. The molecule has 5 nitrogen and oxygen atoms in total. The van der Waals surface area contributed by atoms with Crippen LogP contribution in [0, 0.1) is 0 Å². The Balaban J connectivity index is 1.72. The van der Waals surface area contributed by atoms with Gasteiger partial charge in [0.25, 0.3) is 0 Å². The molecule has 1 heterocycles. The summed E-state index contributed by atoms with van der Waals surface area (Å²) in [6, 6.07) is 8.20. The number of nitrogens with zero attached hydrogens (tertiary/aromatic N) is 3. The summed E-state index contributed by atoms with van der Waals surface area (Å²) in [5, 5.41) is 7.22. The Morgan fingerprint density at radius 3 is 2.86 bits per heavy atom. The minimum absolute atomic E-state index is 0.0344. The van der Waals surface area contributed by atoms with E-state index < -0.39 is 0 Å². The van der Waals surface area contributed by atoms with E-state index in [9.17, 15) is 4.79 Å². The molecule has 22 heavy (non-hydrogen) atoms. The number of aryl methyl sites for hydroxylation is 1. The van der Waals surface area contributed by atoms with Crippen molar-refractivity contribution in [3.05, 3.63) is 42.2 Å². The summed E-state index contributed by atoms with van der Waals surface area (Å²) in [4.78, 5) is 15.6. The lowest BCUT2D eigenvalue weighted by Crippen LogP contribution is -2.36. The highest BCUT2D eigenvalue weighted by Gasteiger charge is 2.33. The second kappa shape index (κ2) is 6.44. The second-order valence-corrected chi connectivity index (χ2v) is 6.36. The third-order valence-electron chi connectivity index (χ3n) is 3.71. The van der Waals surface area contributed by atoms with Crippen molar-refractivity contribution in [2.24, 2.45) is 7.05 Å². The normalized spacial score (nSPS) is 13.9. The zero-order valence-electron chi connectivity index (χ0n) is 12.8. The number of rotatable bonds is 5. The molecule has 2 amide bonds. The van der Waals surface area contributed by atoms with Gasteiger partial charge in [-0.1, -0.05) is 12.1 Å². The number of para-hydroxylation sites is 1. The van der Waals surface area contributed by atoms with Crippen molar-refractivity contribution < 1.29 is 4.79 Å². The molecular formula is C16H20N4OS. The molecular weight excluding hydrogens is 296 g/mol. The summed E-state index contributed by atoms with van der Waals surface area (Å²) in [6.07, 6.45) is 7.95. The van der Waals surface area contributed by atoms with Gasteiger partial charge in [-0.15, -0.1) is 11.8 Å². The van der Waals surface area contributed by atoms with Crippen LogP contribution in [0.4, 0.5) is 10.5 Å². The number of urea groups is 1. The van der Waals surface area contributed by atoms with Crippen LogP contribution < -0.4 is 5.32 Å². The molecule has 1 aliphatic rings. The van der Waals surface area contributed by atoms with Gasteiger partial charge in [0.1, 0.15) is 0 Å². The van der Waals surface area contributed by atoms with Crippen molar-refractivity contribution in [3.8, 4) is 0 Å². The SMILES string of the molecule is CSc1ccccc1NC(=O)N(Cc1cnn(C)c1)C1CC1. The summed E-state index contributed by atoms with van der Waals surface area (Å²) in [6.45, 7) is 0.603. The fraction of sp³-hybridized carbons (Fsp3) is 0.375. The van der Waals surface area contributed by atoms with Crippen molar-refractivity contribution in [1.82, 2.24) is 14.7 Å². The van der Waals surface area contributed by atoms with Crippen molar-refractivity contribution in [2.45, 2.75) is 30.3 Å². The number of carbonyl (C=O) groups excluding carboxylic acids is 1. The Hall–Kier alpha value is -1.95. The largest absolute Gasteiger partial charge is 0.322 e. The molecule has 0 bridgehead atoms. The Kier molecular flexibility index (Phi) is 4.38. The summed E-state index contributed by atoms with van der Waals surface area (Å²) in [7, 11) is 1.89. The molecule has 1 aliphatic carbocycles. The highest BCUT2D eigenvalue weighted by molar-refractivity contribution is 7.98. The molecule has 1 fully saturated rings. The van der Waals surface area contributed by atoms with Gasteiger partial charge in [-0.2, -0.15) is 5.10 Å². The third kappa shape index (κ3) is 3.44. The first kappa shape index (κ1) is 15.0. The number of carbonyl (C=O) groups is 1. The van der Waals surface area contributed by atoms with Crippen LogP contribution in [0.25, 0.3) is 0 Å². The number of hydrogen-bond acceptors (Lipinski definition) is 3. The first-order valence-electron chi connectivity index (χ1n) is 7.35. The predicted molar refractivity (Wildman–Crippen MR) is 89.0 cm³/mol. The van der Waals surface area contributed by atoms with E-state index in [4.69, 9.17) is 0 Å². The molecule has 1 aromatic carbocycles. The fourth-order valence-electron chi connectivity index (χ4n) is 2.44. The third-order valence-corrected chi connectivity index (χ3v) is 4.50. The van der Waals surface area contributed by atoms with Crippen molar-refractivity contribution in [3.63, 3.8) is 0 Å². The molecule has 0 unspecified atom stereocenters.